The summed E-state index contributed by atoms with van der Waals surface area (Å²) in [5, 5.41) is 13.0. The van der Waals surface area contributed by atoms with Gasteiger partial charge in [0.2, 0.25) is 0 Å². The van der Waals surface area contributed by atoms with E-state index in [4.69, 9.17) is 16.9 Å². The quantitative estimate of drug-likeness (QED) is 0.410. The molecular formula is C18H23ClIN5. The van der Waals surface area contributed by atoms with Crippen molar-refractivity contribution >= 4 is 41.5 Å². The van der Waals surface area contributed by atoms with Crippen LogP contribution in [0, 0.1) is 11.3 Å². The number of hydrogen-bond donors (Lipinski definition) is 1. The summed E-state index contributed by atoms with van der Waals surface area (Å²) in [6.45, 7) is 4.05. The van der Waals surface area contributed by atoms with Gasteiger partial charge in [0.25, 0.3) is 0 Å². The first-order valence-corrected chi connectivity index (χ1v) is 8.20. The number of halogens is 2. The van der Waals surface area contributed by atoms with Crippen LogP contribution in [0.25, 0.3) is 0 Å². The molecule has 134 valence electrons. The molecule has 0 aliphatic rings. The number of aryl methyl sites for hydroxylation is 1. The van der Waals surface area contributed by atoms with Gasteiger partial charge in [0.1, 0.15) is 0 Å². The lowest BCUT2D eigenvalue weighted by Crippen LogP contribution is -2.38. The summed E-state index contributed by atoms with van der Waals surface area (Å²) in [5.41, 5.74) is 2.78. The molecular weight excluding hydrogens is 449 g/mol. The topological polar surface area (TPSA) is 56.4 Å². The van der Waals surface area contributed by atoms with E-state index in [1.807, 2.05) is 56.0 Å². The first-order valence-electron chi connectivity index (χ1n) is 7.82. The minimum Gasteiger partial charge on any atom is -0.357 e. The van der Waals surface area contributed by atoms with E-state index in [1.165, 1.54) is 0 Å². The number of aliphatic imine (C=N–C) groups is 1. The van der Waals surface area contributed by atoms with Crippen molar-refractivity contribution in [2.24, 2.45) is 12.0 Å². The second-order valence-electron chi connectivity index (χ2n) is 5.60. The van der Waals surface area contributed by atoms with E-state index in [0.717, 1.165) is 28.8 Å². The highest BCUT2D eigenvalue weighted by Gasteiger charge is 2.09. The number of aromatic nitrogens is 1. The third-order valence-electron chi connectivity index (χ3n) is 3.64. The predicted molar refractivity (Wildman–Crippen MR) is 113 cm³/mol. The molecule has 0 amide bonds. The van der Waals surface area contributed by atoms with Crippen LogP contribution in [0.4, 0.5) is 0 Å². The number of nitrogens with zero attached hydrogens (tertiary/aromatic N) is 4. The van der Waals surface area contributed by atoms with E-state index < -0.39 is 0 Å². The number of nitriles is 1. The molecule has 7 heteroatoms. The summed E-state index contributed by atoms with van der Waals surface area (Å²) in [5.74, 6) is 0.817. The highest BCUT2D eigenvalue weighted by molar-refractivity contribution is 14.0. The molecule has 2 rings (SSSR count). The van der Waals surface area contributed by atoms with Gasteiger partial charge in [-0.25, -0.2) is 4.99 Å². The van der Waals surface area contributed by atoms with Gasteiger partial charge in [-0.3, -0.25) is 0 Å². The Morgan fingerprint density at radius 2 is 2.16 bits per heavy atom. The molecule has 0 saturated carbocycles. The van der Waals surface area contributed by atoms with Crippen LogP contribution in [0.15, 0.2) is 41.5 Å². The van der Waals surface area contributed by atoms with Gasteiger partial charge in [-0.1, -0.05) is 23.7 Å². The molecule has 0 radical (unpaired) electrons. The van der Waals surface area contributed by atoms with Gasteiger partial charge in [-0.2, -0.15) is 5.26 Å². The average Bonchev–Trinajstić information content (AvgIpc) is 2.88. The molecule has 25 heavy (non-hydrogen) atoms. The van der Waals surface area contributed by atoms with Crippen LogP contribution in [-0.2, 0) is 20.1 Å². The Hall–Kier alpha value is -1.72. The van der Waals surface area contributed by atoms with Gasteiger partial charge in [-0.15, -0.1) is 24.0 Å². The zero-order chi connectivity index (χ0) is 17.5. The van der Waals surface area contributed by atoms with Crippen molar-refractivity contribution in [1.29, 1.82) is 5.26 Å². The van der Waals surface area contributed by atoms with Crippen molar-refractivity contribution in [3.63, 3.8) is 0 Å². The highest BCUT2D eigenvalue weighted by Crippen LogP contribution is 2.14. The van der Waals surface area contributed by atoms with Crippen LogP contribution in [0.1, 0.15) is 23.7 Å². The van der Waals surface area contributed by atoms with Gasteiger partial charge in [0.15, 0.2) is 5.96 Å². The zero-order valence-corrected chi connectivity index (χ0v) is 17.7. The Morgan fingerprint density at radius 1 is 1.40 bits per heavy atom. The van der Waals surface area contributed by atoms with Gasteiger partial charge in [-0.05, 0) is 30.7 Å². The van der Waals surface area contributed by atoms with Crippen molar-refractivity contribution in [2.75, 3.05) is 13.6 Å². The Labute approximate surface area is 171 Å². The van der Waals surface area contributed by atoms with Crippen LogP contribution in [0.5, 0.6) is 0 Å². The van der Waals surface area contributed by atoms with Crippen molar-refractivity contribution in [1.82, 2.24) is 14.8 Å². The monoisotopic (exact) mass is 471 g/mol. The molecule has 0 aliphatic heterocycles. The largest absolute Gasteiger partial charge is 0.357 e. The Balaban J connectivity index is 0.00000312. The maximum atomic E-state index is 8.98. The molecule has 0 spiro atoms. The third kappa shape index (κ3) is 6.25. The molecule has 1 aromatic heterocycles. The van der Waals surface area contributed by atoms with Crippen LogP contribution in [0.2, 0.25) is 5.02 Å². The van der Waals surface area contributed by atoms with Gasteiger partial charge < -0.3 is 14.8 Å². The van der Waals surface area contributed by atoms with E-state index >= 15 is 0 Å². The summed E-state index contributed by atoms with van der Waals surface area (Å²) in [6.07, 6.45) is 1.89. The molecule has 0 aliphatic carbocycles. The van der Waals surface area contributed by atoms with Gasteiger partial charge >= 0.3 is 0 Å². The third-order valence-corrected chi connectivity index (χ3v) is 3.84. The minimum absolute atomic E-state index is 0. The fourth-order valence-corrected chi connectivity index (χ4v) is 2.69. The number of benzene rings is 1. The first kappa shape index (κ1) is 21.3. The summed E-state index contributed by atoms with van der Waals surface area (Å²) < 4.78 is 2.01. The molecule has 0 atom stereocenters. The maximum Gasteiger partial charge on any atom is 0.194 e. The van der Waals surface area contributed by atoms with Crippen molar-refractivity contribution in [2.45, 2.75) is 20.0 Å². The smallest absolute Gasteiger partial charge is 0.194 e. The fourth-order valence-electron chi connectivity index (χ4n) is 2.42. The number of nitrogens with one attached hydrogen (secondary N) is 1. The predicted octanol–water partition coefficient (Wildman–Crippen LogP) is 3.77. The van der Waals surface area contributed by atoms with Crippen LogP contribution in [0.3, 0.4) is 0 Å². The molecule has 1 aromatic carbocycles. The van der Waals surface area contributed by atoms with Gasteiger partial charge in [0, 0.05) is 32.5 Å². The molecule has 0 saturated heterocycles. The van der Waals surface area contributed by atoms with Crippen LogP contribution < -0.4 is 5.32 Å². The molecule has 0 unspecified atom stereocenters. The lowest BCUT2D eigenvalue weighted by Gasteiger charge is -2.22. The van der Waals surface area contributed by atoms with Gasteiger partial charge in [0.05, 0.1) is 29.7 Å². The average molecular weight is 472 g/mol. The Morgan fingerprint density at radius 3 is 2.76 bits per heavy atom. The molecule has 1 N–H and O–H groups in total. The minimum atomic E-state index is 0. The SMILES string of the molecule is CCNC(=NCc1cccc(C#N)c1)N(C)Cc1cc(Cl)cn1C.I. The number of guanidine groups is 1. The van der Waals surface area contributed by atoms with Crippen molar-refractivity contribution < 1.29 is 0 Å². The van der Waals surface area contributed by atoms with E-state index in [-0.39, 0.29) is 24.0 Å². The van der Waals surface area contributed by atoms with E-state index in [0.29, 0.717) is 18.7 Å². The number of rotatable bonds is 5. The van der Waals surface area contributed by atoms with Crippen molar-refractivity contribution in [3.8, 4) is 6.07 Å². The van der Waals surface area contributed by atoms with E-state index in [1.54, 1.807) is 6.07 Å². The first-order chi connectivity index (χ1) is 11.5. The summed E-state index contributed by atoms with van der Waals surface area (Å²) in [6, 6.07) is 11.6. The summed E-state index contributed by atoms with van der Waals surface area (Å²) >= 11 is 6.05. The molecule has 5 nitrogen and oxygen atoms in total. The Bertz CT molecular complexity index is 763. The van der Waals surface area contributed by atoms with E-state index in [2.05, 4.69) is 21.3 Å². The molecule has 0 fully saturated rings. The van der Waals surface area contributed by atoms with E-state index in [9.17, 15) is 0 Å². The molecule has 1 heterocycles. The lowest BCUT2D eigenvalue weighted by molar-refractivity contribution is 0.462. The fraction of sp³-hybridized carbons (Fsp3) is 0.333. The van der Waals surface area contributed by atoms with Crippen molar-refractivity contribution in [3.05, 3.63) is 58.4 Å². The molecule has 2 aromatic rings. The Kier molecular flexibility index (Phi) is 8.79. The molecule has 0 bridgehead atoms. The zero-order valence-electron chi connectivity index (χ0n) is 14.7. The lowest BCUT2D eigenvalue weighted by atomic mass is 10.1. The normalized spacial score (nSPS) is 10.8. The summed E-state index contributed by atoms with van der Waals surface area (Å²) in [7, 11) is 3.97. The maximum absolute atomic E-state index is 8.98. The number of hydrogen-bond acceptors (Lipinski definition) is 2. The standard InChI is InChI=1S/C18H22ClN5.HI/c1-4-21-18(22-11-15-7-5-6-14(8-15)10-20)24(3)13-17-9-16(19)12-23(17)2;/h5-9,12H,4,11,13H2,1-3H3,(H,21,22);1H. The second-order valence-corrected chi connectivity index (χ2v) is 6.04. The second kappa shape index (κ2) is 10.3. The highest BCUT2D eigenvalue weighted by atomic mass is 127. The van der Waals surface area contributed by atoms with Crippen LogP contribution >= 0.6 is 35.6 Å². The summed E-state index contributed by atoms with van der Waals surface area (Å²) in [4.78, 5) is 6.73. The van der Waals surface area contributed by atoms with Crippen LogP contribution in [-0.4, -0.2) is 29.0 Å².